The molecule has 1 aromatic rings. The van der Waals surface area contributed by atoms with Crippen molar-refractivity contribution < 1.29 is 19.1 Å². The average molecular weight is 266 g/mol. The van der Waals surface area contributed by atoms with Gasteiger partial charge in [-0.25, -0.2) is 9.78 Å². The number of hydrogen-bond acceptors (Lipinski definition) is 4. The van der Waals surface area contributed by atoms with Crippen LogP contribution in [0.3, 0.4) is 0 Å². The summed E-state index contributed by atoms with van der Waals surface area (Å²) in [5.74, 6) is -0.646. The van der Waals surface area contributed by atoms with E-state index in [0.717, 1.165) is 12.8 Å². The van der Waals surface area contributed by atoms with Crippen LogP contribution in [0.5, 0.6) is 0 Å². The second-order valence-electron chi connectivity index (χ2n) is 4.72. The van der Waals surface area contributed by atoms with Crippen molar-refractivity contribution in [3.63, 3.8) is 0 Å². The van der Waals surface area contributed by atoms with Crippen molar-refractivity contribution in [1.29, 1.82) is 0 Å². The Kier molecular flexibility index (Phi) is 3.87. The average Bonchev–Trinajstić information content (AvgIpc) is 2.79. The zero-order valence-electron chi connectivity index (χ0n) is 11.2. The minimum absolute atomic E-state index is 0.171. The van der Waals surface area contributed by atoms with E-state index >= 15 is 0 Å². The minimum Gasteiger partial charge on any atom is -0.480 e. The minimum atomic E-state index is -0.957. The molecule has 1 aliphatic rings. The van der Waals surface area contributed by atoms with Crippen LogP contribution < -0.4 is 0 Å². The first kappa shape index (κ1) is 13.6. The molecule has 1 atom stereocenters. The molecule has 0 aliphatic carbocycles. The molecule has 0 spiro atoms. The number of hydrogen-bond donors (Lipinski definition) is 1. The smallest absolute Gasteiger partial charge is 0.326 e. The van der Waals surface area contributed by atoms with Gasteiger partial charge in [-0.05, 0) is 26.2 Å². The Morgan fingerprint density at radius 3 is 2.79 bits per heavy atom. The fraction of sp³-hybridized carbons (Fsp3) is 0.615. The molecule has 1 aromatic heterocycles. The quantitative estimate of drug-likeness (QED) is 0.898. The van der Waals surface area contributed by atoms with E-state index in [9.17, 15) is 14.7 Å². The Labute approximate surface area is 111 Å². The maximum atomic E-state index is 12.4. The number of oxazole rings is 1. The van der Waals surface area contributed by atoms with Crippen molar-refractivity contribution in [2.75, 3.05) is 6.54 Å². The molecule has 6 nitrogen and oxygen atoms in total. The normalized spacial score (nSPS) is 19.5. The van der Waals surface area contributed by atoms with E-state index in [4.69, 9.17) is 4.42 Å². The maximum absolute atomic E-state index is 12.4. The molecule has 1 aliphatic heterocycles. The molecule has 104 valence electrons. The van der Waals surface area contributed by atoms with Crippen molar-refractivity contribution in [3.8, 4) is 0 Å². The first-order valence-electron chi connectivity index (χ1n) is 6.54. The van der Waals surface area contributed by atoms with Crippen LogP contribution in [0.25, 0.3) is 0 Å². The van der Waals surface area contributed by atoms with Gasteiger partial charge in [-0.15, -0.1) is 0 Å². The fourth-order valence-corrected chi connectivity index (χ4v) is 2.36. The van der Waals surface area contributed by atoms with Gasteiger partial charge in [-0.3, -0.25) is 4.79 Å². The lowest BCUT2D eigenvalue weighted by Crippen LogP contribution is -2.48. The van der Waals surface area contributed by atoms with Gasteiger partial charge in [-0.2, -0.15) is 0 Å². The van der Waals surface area contributed by atoms with Crippen LogP contribution >= 0.6 is 0 Å². The highest BCUT2D eigenvalue weighted by molar-refractivity contribution is 5.95. The number of piperidine rings is 1. The molecule has 1 N–H and O–H groups in total. The molecule has 2 rings (SSSR count). The van der Waals surface area contributed by atoms with Crippen LogP contribution in [0.2, 0.25) is 0 Å². The molecule has 1 saturated heterocycles. The molecule has 0 bridgehead atoms. The molecular formula is C13H18N2O4. The molecule has 0 saturated carbocycles. The van der Waals surface area contributed by atoms with Crippen LogP contribution in [-0.4, -0.2) is 39.5 Å². The number of aromatic nitrogens is 1. The SMILES string of the molecule is CCc1nc(C)c(C(=O)N2CCCC[C@H]2C(=O)O)o1. The highest BCUT2D eigenvalue weighted by Gasteiger charge is 2.34. The Hall–Kier alpha value is -1.85. The number of likely N-dealkylation sites (tertiary alicyclic amines) is 1. The Morgan fingerprint density at radius 1 is 1.47 bits per heavy atom. The van der Waals surface area contributed by atoms with Crippen LogP contribution in [-0.2, 0) is 11.2 Å². The lowest BCUT2D eigenvalue weighted by molar-refractivity contribution is -0.143. The predicted molar refractivity (Wildman–Crippen MR) is 66.9 cm³/mol. The second kappa shape index (κ2) is 5.42. The van der Waals surface area contributed by atoms with Crippen LogP contribution in [0.15, 0.2) is 4.42 Å². The third-order valence-corrected chi connectivity index (χ3v) is 3.39. The van der Waals surface area contributed by atoms with Gasteiger partial charge in [0.2, 0.25) is 5.76 Å². The van der Waals surface area contributed by atoms with Gasteiger partial charge >= 0.3 is 5.97 Å². The molecule has 6 heteroatoms. The second-order valence-corrected chi connectivity index (χ2v) is 4.72. The van der Waals surface area contributed by atoms with Crippen molar-refractivity contribution in [2.24, 2.45) is 0 Å². The van der Waals surface area contributed by atoms with E-state index in [1.165, 1.54) is 4.90 Å². The summed E-state index contributed by atoms with van der Waals surface area (Å²) >= 11 is 0. The van der Waals surface area contributed by atoms with E-state index in [-0.39, 0.29) is 11.7 Å². The van der Waals surface area contributed by atoms with Gasteiger partial charge < -0.3 is 14.4 Å². The van der Waals surface area contributed by atoms with E-state index in [1.807, 2.05) is 6.92 Å². The molecule has 0 unspecified atom stereocenters. The van der Waals surface area contributed by atoms with Crippen LogP contribution in [0.1, 0.15) is 48.3 Å². The summed E-state index contributed by atoms with van der Waals surface area (Å²) in [6, 6.07) is -0.754. The lowest BCUT2D eigenvalue weighted by atomic mass is 10.0. The number of aliphatic carboxylic acids is 1. The Bertz CT molecular complexity index is 495. The van der Waals surface area contributed by atoms with E-state index in [2.05, 4.69) is 4.98 Å². The highest BCUT2D eigenvalue weighted by Crippen LogP contribution is 2.22. The summed E-state index contributed by atoms with van der Waals surface area (Å²) in [4.78, 5) is 29.1. The fourth-order valence-electron chi connectivity index (χ4n) is 2.36. The number of carboxylic acid groups (broad SMARTS) is 1. The van der Waals surface area contributed by atoms with Gasteiger partial charge in [0.15, 0.2) is 5.89 Å². The molecular weight excluding hydrogens is 248 g/mol. The van der Waals surface area contributed by atoms with E-state index < -0.39 is 12.0 Å². The Morgan fingerprint density at radius 2 is 2.21 bits per heavy atom. The summed E-state index contributed by atoms with van der Waals surface area (Å²) in [7, 11) is 0. The molecule has 1 amide bonds. The summed E-state index contributed by atoms with van der Waals surface area (Å²) in [5, 5.41) is 9.19. The van der Waals surface area contributed by atoms with E-state index in [0.29, 0.717) is 31.0 Å². The zero-order chi connectivity index (χ0) is 14.0. The number of carbonyl (C=O) groups is 2. The predicted octanol–water partition coefficient (Wildman–Crippen LogP) is 1.62. The zero-order valence-corrected chi connectivity index (χ0v) is 11.2. The van der Waals surface area contributed by atoms with Gasteiger partial charge in [0, 0.05) is 13.0 Å². The van der Waals surface area contributed by atoms with Gasteiger partial charge in [-0.1, -0.05) is 6.92 Å². The number of nitrogens with zero attached hydrogens (tertiary/aromatic N) is 2. The summed E-state index contributed by atoms with van der Waals surface area (Å²) in [6.07, 6.45) is 2.76. The third-order valence-electron chi connectivity index (χ3n) is 3.39. The van der Waals surface area contributed by atoms with Crippen molar-refractivity contribution in [1.82, 2.24) is 9.88 Å². The molecule has 2 heterocycles. The molecule has 19 heavy (non-hydrogen) atoms. The first-order chi connectivity index (χ1) is 9.04. The van der Waals surface area contributed by atoms with E-state index in [1.54, 1.807) is 6.92 Å². The lowest BCUT2D eigenvalue weighted by Gasteiger charge is -2.32. The van der Waals surface area contributed by atoms with Gasteiger partial charge in [0.1, 0.15) is 6.04 Å². The monoisotopic (exact) mass is 266 g/mol. The van der Waals surface area contributed by atoms with Crippen molar-refractivity contribution >= 4 is 11.9 Å². The number of rotatable bonds is 3. The first-order valence-corrected chi connectivity index (χ1v) is 6.54. The largest absolute Gasteiger partial charge is 0.480 e. The topological polar surface area (TPSA) is 83.6 Å². The molecule has 1 fully saturated rings. The third kappa shape index (κ3) is 2.62. The van der Waals surface area contributed by atoms with Gasteiger partial charge in [0.25, 0.3) is 5.91 Å². The highest BCUT2D eigenvalue weighted by atomic mass is 16.4. The molecule has 0 aromatic carbocycles. The number of carboxylic acids is 1. The summed E-state index contributed by atoms with van der Waals surface area (Å²) in [6.45, 7) is 4.05. The van der Waals surface area contributed by atoms with Crippen LogP contribution in [0.4, 0.5) is 0 Å². The van der Waals surface area contributed by atoms with Gasteiger partial charge in [0.05, 0.1) is 5.69 Å². The number of aryl methyl sites for hydroxylation is 2. The Balaban J connectivity index is 2.25. The summed E-state index contributed by atoms with van der Waals surface area (Å²) < 4.78 is 5.41. The van der Waals surface area contributed by atoms with Crippen molar-refractivity contribution in [2.45, 2.75) is 45.6 Å². The van der Waals surface area contributed by atoms with Crippen molar-refractivity contribution in [3.05, 3.63) is 17.3 Å². The molecule has 0 radical (unpaired) electrons. The van der Waals surface area contributed by atoms with Crippen LogP contribution in [0, 0.1) is 6.92 Å². The maximum Gasteiger partial charge on any atom is 0.326 e. The number of amides is 1. The summed E-state index contributed by atoms with van der Waals surface area (Å²) in [5.41, 5.74) is 0.525. The number of carbonyl (C=O) groups excluding carboxylic acids is 1. The standard InChI is InChI=1S/C13H18N2O4/c1-3-10-14-8(2)11(19-10)12(16)15-7-5-4-6-9(15)13(17)18/h9H,3-7H2,1-2H3,(H,17,18)/t9-/m0/s1.